The summed E-state index contributed by atoms with van der Waals surface area (Å²) in [6.45, 7) is 8.51. The number of aldehydes is 1. The second-order valence-electron chi connectivity index (χ2n) is 5.61. The summed E-state index contributed by atoms with van der Waals surface area (Å²) in [5.74, 6) is 0.311. The van der Waals surface area contributed by atoms with Crippen LogP contribution in [0.25, 0.3) is 0 Å². The van der Waals surface area contributed by atoms with Crippen molar-refractivity contribution in [3.05, 3.63) is 23.3 Å². The van der Waals surface area contributed by atoms with Crippen LogP contribution in [0.5, 0.6) is 0 Å². The zero-order chi connectivity index (χ0) is 14.5. The number of carbonyl (C=O) groups is 1. The van der Waals surface area contributed by atoms with Gasteiger partial charge in [0.1, 0.15) is 11.9 Å². The standard InChI is InChI=1S/C17H28O2/c1-6-8-9-15(7-2)16(12-18)17(19-5)13(3)10-11-14(17)4/h10-12,15-16H,6-9H2,1-5H3. The van der Waals surface area contributed by atoms with Crippen molar-refractivity contribution in [3.63, 3.8) is 0 Å². The van der Waals surface area contributed by atoms with E-state index in [1.54, 1.807) is 7.11 Å². The van der Waals surface area contributed by atoms with E-state index in [0.717, 1.165) is 30.3 Å². The zero-order valence-corrected chi connectivity index (χ0v) is 13.0. The molecule has 1 aliphatic carbocycles. The Kier molecular flexibility index (Phi) is 5.99. The molecule has 0 N–H and O–H groups in total. The Morgan fingerprint density at radius 3 is 2.21 bits per heavy atom. The molecule has 0 aromatic rings. The van der Waals surface area contributed by atoms with E-state index in [-0.39, 0.29) is 5.92 Å². The van der Waals surface area contributed by atoms with E-state index in [9.17, 15) is 4.79 Å². The molecule has 2 heteroatoms. The highest BCUT2D eigenvalue weighted by molar-refractivity contribution is 5.63. The number of hydrogen-bond donors (Lipinski definition) is 0. The van der Waals surface area contributed by atoms with E-state index in [4.69, 9.17) is 4.74 Å². The third-order valence-electron chi connectivity index (χ3n) is 4.65. The summed E-state index contributed by atoms with van der Waals surface area (Å²) in [6.07, 6.45) is 9.76. The van der Waals surface area contributed by atoms with E-state index in [1.165, 1.54) is 12.8 Å². The Morgan fingerprint density at radius 2 is 1.84 bits per heavy atom. The fraction of sp³-hybridized carbons (Fsp3) is 0.706. The average Bonchev–Trinajstić information content (AvgIpc) is 2.71. The van der Waals surface area contributed by atoms with Gasteiger partial charge in [-0.3, -0.25) is 0 Å². The maximum Gasteiger partial charge on any atom is 0.126 e. The molecule has 0 bridgehead atoms. The topological polar surface area (TPSA) is 26.3 Å². The van der Waals surface area contributed by atoms with Crippen molar-refractivity contribution < 1.29 is 9.53 Å². The minimum atomic E-state index is -0.504. The van der Waals surface area contributed by atoms with Crippen molar-refractivity contribution in [3.8, 4) is 0 Å². The van der Waals surface area contributed by atoms with Gasteiger partial charge >= 0.3 is 0 Å². The Balaban J connectivity index is 3.08. The first kappa shape index (κ1) is 16.2. The summed E-state index contributed by atoms with van der Waals surface area (Å²) >= 11 is 0. The highest BCUT2D eigenvalue weighted by Crippen LogP contribution is 2.44. The molecule has 2 unspecified atom stereocenters. The maximum absolute atomic E-state index is 11.8. The number of hydrogen-bond acceptors (Lipinski definition) is 2. The summed E-state index contributed by atoms with van der Waals surface area (Å²) in [4.78, 5) is 11.8. The lowest BCUT2D eigenvalue weighted by Crippen LogP contribution is -2.45. The number of methoxy groups -OCH3 is 1. The van der Waals surface area contributed by atoms with Crippen molar-refractivity contribution in [2.45, 2.75) is 59.0 Å². The van der Waals surface area contributed by atoms with Crippen molar-refractivity contribution in [1.29, 1.82) is 0 Å². The lowest BCUT2D eigenvalue weighted by Gasteiger charge is -2.40. The van der Waals surface area contributed by atoms with Gasteiger partial charge in [0.25, 0.3) is 0 Å². The predicted molar refractivity (Wildman–Crippen MR) is 80.1 cm³/mol. The summed E-state index contributed by atoms with van der Waals surface area (Å²) in [6, 6.07) is 0. The average molecular weight is 264 g/mol. The third-order valence-corrected chi connectivity index (χ3v) is 4.65. The molecule has 0 spiro atoms. The third kappa shape index (κ3) is 2.84. The molecule has 1 rings (SSSR count). The van der Waals surface area contributed by atoms with E-state index >= 15 is 0 Å². The second-order valence-corrected chi connectivity index (χ2v) is 5.61. The molecular formula is C17H28O2. The Labute approximate surface area is 117 Å². The minimum absolute atomic E-state index is 0.0796. The van der Waals surface area contributed by atoms with Crippen LogP contribution >= 0.6 is 0 Å². The molecule has 1 aliphatic rings. The monoisotopic (exact) mass is 264 g/mol. The van der Waals surface area contributed by atoms with Gasteiger partial charge in [0.05, 0.1) is 5.92 Å². The second kappa shape index (κ2) is 7.04. The van der Waals surface area contributed by atoms with Gasteiger partial charge in [0.2, 0.25) is 0 Å². The molecular weight excluding hydrogens is 236 g/mol. The van der Waals surface area contributed by atoms with Crippen LogP contribution in [0.3, 0.4) is 0 Å². The lowest BCUT2D eigenvalue weighted by atomic mass is 9.71. The van der Waals surface area contributed by atoms with Crippen LogP contribution in [0.1, 0.15) is 53.4 Å². The first-order valence-corrected chi connectivity index (χ1v) is 7.44. The molecule has 0 fully saturated rings. The van der Waals surface area contributed by atoms with Crippen LogP contribution in [-0.2, 0) is 9.53 Å². The quantitative estimate of drug-likeness (QED) is 0.611. The predicted octanol–water partition coefficient (Wildman–Crippen LogP) is 4.31. The van der Waals surface area contributed by atoms with Gasteiger partial charge in [-0.15, -0.1) is 0 Å². The molecule has 0 aromatic heterocycles. The fourth-order valence-corrected chi connectivity index (χ4v) is 3.44. The first-order chi connectivity index (χ1) is 9.08. The molecule has 2 atom stereocenters. The number of ether oxygens (including phenoxy) is 1. The molecule has 0 aromatic carbocycles. The summed E-state index contributed by atoms with van der Waals surface area (Å²) < 4.78 is 5.87. The fourth-order valence-electron chi connectivity index (χ4n) is 3.44. The summed E-state index contributed by atoms with van der Waals surface area (Å²) in [5.41, 5.74) is 1.80. The van der Waals surface area contributed by atoms with Crippen LogP contribution in [0.15, 0.2) is 23.3 Å². The molecule has 19 heavy (non-hydrogen) atoms. The number of allylic oxidation sites excluding steroid dienone is 2. The minimum Gasteiger partial charge on any atom is -0.369 e. The molecule has 0 saturated carbocycles. The molecule has 0 heterocycles. The highest BCUT2D eigenvalue weighted by atomic mass is 16.5. The molecule has 2 nitrogen and oxygen atoms in total. The number of carbonyl (C=O) groups excluding carboxylic acids is 1. The van der Waals surface area contributed by atoms with Crippen LogP contribution < -0.4 is 0 Å². The Bertz CT molecular complexity index is 347. The van der Waals surface area contributed by atoms with Crippen LogP contribution in [0, 0.1) is 11.8 Å². The number of rotatable bonds is 8. The van der Waals surface area contributed by atoms with Gasteiger partial charge in [-0.1, -0.05) is 45.3 Å². The lowest BCUT2D eigenvalue weighted by molar-refractivity contribution is -0.121. The molecule has 0 radical (unpaired) electrons. The summed E-state index contributed by atoms with van der Waals surface area (Å²) in [5, 5.41) is 0. The molecule has 0 aliphatic heterocycles. The highest BCUT2D eigenvalue weighted by Gasteiger charge is 2.46. The Morgan fingerprint density at radius 1 is 1.26 bits per heavy atom. The molecule has 0 saturated heterocycles. The van der Waals surface area contributed by atoms with Crippen LogP contribution in [-0.4, -0.2) is 19.0 Å². The van der Waals surface area contributed by atoms with Crippen LogP contribution in [0.2, 0.25) is 0 Å². The van der Waals surface area contributed by atoms with Crippen molar-refractivity contribution in [1.82, 2.24) is 0 Å². The summed E-state index contributed by atoms with van der Waals surface area (Å²) in [7, 11) is 1.73. The van der Waals surface area contributed by atoms with E-state index < -0.39 is 5.60 Å². The van der Waals surface area contributed by atoms with Crippen LogP contribution in [0.4, 0.5) is 0 Å². The maximum atomic E-state index is 11.8. The van der Waals surface area contributed by atoms with E-state index in [0.29, 0.717) is 5.92 Å². The van der Waals surface area contributed by atoms with Crippen molar-refractivity contribution >= 4 is 6.29 Å². The van der Waals surface area contributed by atoms with Gasteiger partial charge in [-0.05, 0) is 37.3 Å². The van der Waals surface area contributed by atoms with Gasteiger partial charge in [0.15, 0.2) is 0 Å². The first-order valence-electron chi connectivity index (χ1n) is 7.44. The van der Waals surface area contributed by atoms with Gasteiger partial charge in [0, 0.05) is 7.11 Å². The zero-order valence-electron chi connectivity index (χ0n) is 13.0. The molecule has 108 valence electrons. The van der Waals surface area contributed by atoms with Crippen molar-refractivity contribution in [2.24, 2.45) is 11.8 Å². The van der Waals surface area contributed by atoms with Gasteiger partial charge in [-0.2, -0.15) is 0 Å². The smallest absolute Gasteiger partial charge is 0.126 e. The van der Waals surface area contributed by atoms with E-state index in [1.807, 2.05) is 0 Å². The normalized spacial score (nSPS) is 20.7. The van der Waals surface area contributed by atoms with E-state index in [2.05, 4.69) is 39.8 Å². The largest absolute Gasteiger partial charge is 0.369 e. The van der Waals surface area contributed by atoms with Crippen molar-refractivity contribution in [2.75, 3.05) is 7.11 Å². The van der Waals surface area contributed by atoms with Gasteiger partial charge in [-0.25, -0.2) is 0 Å². The molecule has 0 amide bonds. The number of unbranched alkanes of at least 4 members (excludes halogenated alkanes) is 1. The SMILES string of the molecule is CCCCC(CC)C(C=O)C1(OC)C(C)=CC=C1C. The Hall–Kier alpha value is -0.890. The van der Waals surface area contributed by atoms with Gasteiger partial charge < -0.3 is 9.53 Å².